The van der Waals surface area contributed by atoms with Crippen LogP contribution in [0.5, 0.6) is 0 Å². The highest BCUT2D eigenvalue weighted by atomic mass is 16.5. The van der Waals surface area contributed by atoms with Gasteiger partial charge in [0.05, 0.1) is 16.6 Å². The van der Waals surface area contributed by atoms with E-state index in [0.29, 0.717) is 17.3 Å². The van der Waals surface area contributed by atoms with Crippen molar-refractivity contribution in [2.24, 2.45) is 0 Å². The van der Waals surface area contributed by atoms with E-state index in [9.17, 15) is 9.59 Å². The second-order valence-corrected chi connectivity index (χ2v) is 7.31. The molecular formula is C22H22N4O3. The van der Waals surface area contributed by atoms with Gasteiger partial charge in [-0.1, -0.05) is 6.07 Å². The lowest BCUT2D eigenvalue weighted by Crippen LogP contribution is -2.26. The number of rotatable bonds is 5. The maximum Gasteiger partial charge on any atom is 0.338 e. The number of hydrogen-bond acceptors (Lipinski definition) is 5. The number of aromatic nitrogens is 2. The van der Waals surface area contributed by atoms with Crippen LogP contribution in [0.25, 0.3) is 17.1 Å². The SMILES string of the molecule is CC(C)N(C)c1nc2ccc(NC(=O)C=Cc3ccc4c(c3)COC4=O)cc2[nH]1. The highest BCUT2D eigenvalue weighted by Gasteiger charge is 2.20. The number of H-pyrrole nitrogens is 1. The summed E-state index contributed by atoms with van der Waals surface area (Å²) in [4.78, 5) is 33.7. The van der Waals surface area contributed by atoms with Crippen LogP contribution in [0.3, 0.4) is 0 Å². The normalized spacial score (nSPS) is 13.2. The largest absolute Gasteiger partial charge is 0.457 e. The van der Waals surface area contributed by atoms with Gasteiger partial charge in [-0.05, 0) is 55.8 Å². The molecule has 0 bridgehead atoms. The Balaban J connectivity index is 1.46. The topological polar surface area (TPSA) is 87.3 Å². The molecule has 0 spiro atoms. The fourth-order valence-corrected chi connectivity index (χ4v) is 3.10. The minimum absolute atomic E-state index is 0.240. The summed E-state index contributed by atoms with van der Waals surface area (Å²) < 4.78 is 4.99. The lowest BCUT2D eigenvalue weighted by molar-refractivity contribution is -0.111. The molecule has 0 aliphatic carbocycles. The molecule has 7 heteroatoms. The van der Waals surface area contributed by atoms with E-state index < -0.39 is 0 Å². The summed E-state index contributed by atoms with van der Waals surface area (Å²) in [6, 6.07) is 11.3. The number of esters is 1. The number of benzene rings is 2. The quantitative estimate of drug-likeness (QED) is 0.512. The summed E-state index contributed by atoms with van der Waals surface area (Å²) in [5, 5.41) is 2.86. The van der Waals surface area contributed by atoms with Crippen molar-refractivity contribution in [2.45, 2.75) is 26.5 Å². The number of nitrogens with zero attached hydrogens (tertiary/aromatic N) is 2. The summed E-state index contributed by atoms with van der Waals surface area (Å²) in [6.07, 6.45) is 3.18. The third kappa shape index (κ3) is 3.85. The van der Waals surface area contributed by atoms with E-state index in [0.717, 1.165) is 28.1 Å². The molecule has 0 fully saturated rings. The first kappa shape index (κ1) is 18.7. The third-order valence-electron chi connectivity index (χ3n) is 4.98. The van der Waals surface area contributed by atoms with Gasteiger partial charge < -0.3 is 19.9 Å². The fourth-order valence-electron chi connectivity index (χ4n) is 3.10. The van der Waals surface area contributed by atoms with Crippen molar-refractivity contribution in [2.75, 3.05) is 17.3 Å². The number of ether oxygens (including phenoxy) is 1. The zero-order valence-electron chi connectivity index (χ0n) is 16.5. The van der Waals surface area contributed by atoms with E-state index in [4.69, 9.17) is 4.74 Å². The molecule has 0 atom stereocenters. The average Bonchev–Trinajstić information content (AvgIpc) is 3.28. The van der Waals surface area contributed by atoms with Crippen LogP contribution in [-0.4, -0.2) is 34.9 Å². The van der Waals surface area contributed by atoms with Crippen LogP contribution in [0.4, 0.5) is 11.6 Å². The molecule has 1 amide bonds. The van der Waals surface area contributed by atoms with Crippen molar-refractivity contribution in [3.05, 3.63) is 59.2 Å². The van der Waals surface area contributed by atoms with Crippen molar-refractivity contribution in [1.82, 2.24) is 9.97 Å². The monoisotopic (exact) mass is 390 g/mol. The summed E-state index contributed by atoms with van der Waals surface area (Å²) in [6.45, 7) is 4.47. The number of carbonyl (C=O) groups is 2. The smallest absolute Gasteiger partial charge is 0.338 e. The molecule has 2 heterocycles. The van der Waals surface area contributed by atoms with Gasteiger partial charge in [0, 0.05) is 30.4 Å². The first-order valence-corrected chi connectivity index (χ1v) is 9.42. The van der Waals surface area contributed by atoms with E-state index in [-0.39, 0.29) is 18.5 Å². The van der Waals surface area contributed by atoms with Gasteiger partial charge in [-0.2, -0.15) is 0 Å². The van der Waals surface area contributed by atoms with Crippen LogP contribution in [0.1, 0.15) is 35.3 Å². The first-order chi connectivity index (χ1) is 13.9. The van der Waals surface area contributed by atoms with E-state index >= 15 is 0 Å². The molecule has 1 aliphatic heterocycles. The zero-order chi connectivity index (χ0) is 20.5. The highest BCUT2D eigenvalue weighted by Crippen LogP contribution is 2.23. The lowest BCUT2D eigenvalue weighted by atomic mass is 10.1. The lowest BCUT2D eigenvalue weighted by Gasteiger charge is -2.19. The van der Waals surface area contributed by atoms with Crippen LogP contribution in [0.2, 0.25) is 0 Å². The Hall–Kier alpha value is -3.61. The standard InChI is InChI=1S/C22H22N4O3/c1-13(2)26(3)22-24-18-8-6-16(11-19(18)25-22)23-20(27)9-5-14-4-7-17-15(10-14)12-29-21(17)28/h4-11,13H,12H2,1-3H3,(H,23,27)(H,24,25). The second kappa shape index (κ2) is 7.43. The van der Waals surface area contributed by atoms with Crippen molar-refractivity contribution < 1.29 is 14.3 Å². The minimum Gasteiger partial charge on any atom is -0.457 e. The molecule has 3 aromatic rings. The number of carbonyl (C=O) groups excluding carboxylic acids is 2. The van der Waals surface area contributed by atoms with Gasteiger partial charge in [-0.3, -0.25) is 4.79 Å². The van der Waals surface area contributed by atoms with Gasteiger partial charge >= 0.3 is 5.97 Å². The van der Waals surface area contributed by atoms with Crippen LogP contribution in [-0.2, 0) is 16.1 Å². The van der Waals surface area contributed by atoms with Crippen molar-refractivity contribution in [3.8, 4) is 0 Å². The van der Waals surface area contributed by atoms with Gasteiger partial charge in [-0.25, -0.2) is 9.78 Å². The Morgan fingerprint density at radius 1 is 1.28 bits per heavy atom. The second-order valence-electron chi connectivity index (χ2n) is 7.31. The van der Waals surface area contributed by atoms with Crippen molar-refractivity contribution >= 4 is 40.6 Å². The van der Waals surface area contributed by atoms with E-state index in [1.165, 1.54) is 6.08 Å². The number of cyclic esters (lactones) is 1. The molecule has 29 heavy (non-hydrogen) atoms. The van der Waals surface area contributed by atoms with Crippen LogP contribution < -0.4 is 10.2 Å². The summed E-state index contributed by atoms with van der Waals surface area (Å²) in [5.74, 6) is 0.249. The maximum absolute atomic E-state index is 12.3. The molecule has 4 rings (SSSR count). The van der Waals surface area contributed by atoms with Crippen molar-refractivity contribution in [1.29, 1.82) is 0 Å². The molecule has 1 aliphatic rings. The predicted molar refractivity (Wildman–Crippen MR) is 113 cm³/mol. The molecular weight excluding hydrogens is 368 g/mol. The van der Waals surface area contributed by atoms with Gasteiger partial charge in [0.2, 0.25) is 11.9 Å². The van der Waals surface area contributed by atoms with E-state index in [2.05, 4.69) is 34.0 Å². The maximum atomic E-state index is 12.3. The fraction of sp³-hybridized carbons (Fsp3) is 0.227. The highest BCUT2D eigenvalue weighted by molar-refractivity contribution is 6.03. The Labute approximate surface area is 168 Å². The molecule has 2 N–H and O–H groups in total. The summed E-state index contributed by atoms with van der Waals surface area (Å²) in [5.41, 5.74) is 4.64. The average molecular weight is 390 g/mol. The number of fused-ring (bicyclic) bond motifs is 2. The van der Waals surface area contributed by atoms with Crippen molar-refractivity contribution in [3.63, 3.8) is 0 Å². The van der Waals surface area contributed by atoms with Gasteiger partial charge in [0.1, 0.15) is 6.61 Å². The molecule has 0 saturated heterocycles. The Kier molecular flexibility index (Phi) is 4.80. The summed E-state index contributed by atoms with van der Waals surface area (Å²) in [7, 11) is 1.98. The Morgan fingerprint density at radius 2 is 2.10 bits per heavy atom. The van der Waals surface area contributed by atoms with Crippen LogP contribution >= 0.6 is 0 Å². The van der Waals surface area contributed by atoms with E-state index in [1.807, 2.05) is 31.3 Å². The van der Waals surface area contributed by atoms with Crippen LogP contribution in [0, 0.1) is 0 Å². The number of hydrogen-bond donors (Lipinski definition) is 2. The van der Waals surface area contributed by atoms with Gasteiger partial charge in [0.25, 0.3) is 0 Å². The van der Waals surface area contributed by atoms with Crippen LogP contribution in [0.15, 0.2) is 42.5 Å². The number of imidazole rings is 1. The third-order valence-corrected chi connectivity index (χ3v) is 4.98. The summed E-state index contributed by atoms with van der Waals surface area (Å²) >= 11 is 0. The molecule has 148 valence electrons. The predicted octanol–water partition coefficient (Wildman–Crippen LogP) is 3.73. The molecule has 2 aromatic carbocycles. The molecule has 1 aromatic heterocycles. The minimum atomic E-state index is -0.301. The number of amides is 1. The first-order valence-electron chi connectivity index (χ1n) is 9.42. The molecule has 0 radical (unpaired) electrons. The zero-order valence-corrected chi connectivity index (χ0v) is 16.5. The van der Waals surface area contributed by atoms with E-state index in [1.54, 1.807) is 18.2 Å². The molecule has 0 saturated carbocycles. The van der Waals surface area contributed by atoms with Gasteiger partial charge in [0.15, 0.2) is 0 Å². The molecule has 0 unspecified atom stereocenters. The number of aromatic amines is 1. The van der Waals surface area contributed by atoms with Gasteiger partial charge in [-0.15, -0.1) is 0 Å². The number of nitrogens with one attached hydrogen (secondary N) is 2. The number of anilines is 2. The molecule has 7 nitrogen and oxygen atoms in total. The Morgan fingerprint density at radius 3 is 2.90 bits per heavy atom. The Bertz CT molecular complexity index is 1130.